The van der Waals surface area contributed by atoms with Crippen molar-refractivity contribution in [3.8, 4) is 0 Å². The van der Waals surface area contributed by atoms with Gasteiger partial charge in [-0.1, -0.05) is 34.8 Å². The second-order valence-electron chi connectivity index (χ2n) is 4.57. The average Bonchev–Trinajstić information content (AvgIpc) is 2.22. The third-order valence-electron chi connectivity index (χ3n) is 3.24. The van der Waals surface area contributed by atoms with E-state index in [0.717, 1.165) is 23.7 Å². The van der Waals surface area contributed by atoms with Gasteiger partial charge in [0.1, 0.15) is 5.82 Å². The van der Waals surface area contributed by atoms with E-state index in [0.29, 0.717) is 11.3 Å². The predicted molar refractivity (Wildman–Crippen MR) is 69.4 cm³/mol. The lowest BCUT2D eigenvalue weighted by atomic mass is 9.84. The van der Waals surface area contributed by atoms with Crippen molar-refractivity contribution in [2.75, 3.05) is 0 Å². The third kappa shape index (κ3) is 3.21. The molecule has 0 bridgehead atoms. The molecule has 1 fully saturated rings. The fourth-order valence-electron chi connectivity index (χ4n) is 2.41. The molecule has 1 saturated carbocycles. The molecule has 1 aromatic carbocycles. The number of hydrogen-bond donors (Lipinski definition) is 0. The van der Waals surface area contributed by atoms with E-state index in [4.69, 9.17) is 11.6 Å². The van der Waals surface area contributed by atoms with Crippen molar-refractivity contribution < 1.29 is 4.39 Å². The molecule has 1 aliphatic rings. The Kier molecular flexibility index (Phi) is 4.26. The molecular formula is C13H15BrClF. The van der Waals surface area contributed by atoms with Gasteiger partial charge in [-0.3, -0.25) is 0 Å². The van der Waals surface area contributed by atoms with Crippen molar-refractivity contribution in [3.63, 3.8) is 0 Å². The van der Waals surface area contributed by atoms with Crippen molar-refractivity contribution in [1.82, 2.24) is 0 Å². The zero-order valence-electron chi connectivity index (χ0n) is 9.06. The SMILES string of the molecule is Fc1ccc(CC2CCCC(Cl)C2)c(Br)c1. The summed E-state index contributed by atoms with van der Waals surface area (Å²) >= 11 is 9.59. The molecule has 0 amide bonds. The van der Waals surface area contributed by atoms with Crippen LogP contribution >= 0.6 is 27.5 Å². The van der Waals surface area contributed by atoms with Gasteiger partial charge in [-0.05, 0) is 42.9 Å². The number of hydrogen-bond acceptors (Lipinski definition) is 0. The lowest BCUT2D eigenvalue weighted by Gasteiger charge is -2.25. The predicted octanol–water partition coefficient (Wildman–Crippen LogP) is 4.93. The minimum atomic E-state index is -0.186. The maximum absolute atomic E-state index is 12.9. The van der Waals surface area contributed by atoms with Gasteiger partial charge in [-0.2, -0.15) is 0 Å². The first-order valence-corrected chi connectivity index (χ1v) is 6.96. The topological polar surface area (TPSA) is 0 Å². The van der Waals surface area contributed by atoms with E-state index in [1.165, 1.54) is 30.5 Å². The van der Waals surface area contributed by atoms with Crippen molar-refractivity contribution in [1.29, 1.82) is 0 Å². The normalized spacial score (nSPS) is 25.7. The number of benzene rings is 1. The Hall–Kier alpha value is -0.0800. The highest BCUT2D eigenvalue weighted by atomic mass is 79.9. The van der Waals surface area contributed by atoms with E-state index in [-0.39, 0.29) is 5.82 Å². The first kappa shape index (κ1) is 12.4. The standard InChI is InChI=1S/C13H15BrClF/c14-13-8-12(16)5-4-10(13)6-9-2-1-3-11(15)7-9/h4-5,8-9,11H,1-3,6-7H2. The molecule has 0 aliphatic heterocycles. The molecule has 0 nitrogen and oxygen atoms in total. The van der Waals surface area contributed by atoms with Crippen LogP contribution in [0.25, 0.3) is 0 Å². The summed E-state index contributed by atoms with van der Waals surface area (Å²) in [5.41, 5.74) is 1.19. The van der Waals surface area contributed by atoms with Gasteiger partial charge in [-0.15, -0.1) is 11.6 Å². The minimum Gasteiger partial charge on any atom is -0.207 e. The van der Waals surface area contributed by atoms with Gasteiger partial charge in [0.05, 0.1) is 0 Å². The maximum atomic E-state index is 12.9. The molecule has 2 atom stereocenters. The molecular weight excluding hydrogens is 290 g/mol. The molecule has 0 N–H and O–H groups in total. The highest BCUT2D eigenvalue weighted by Gasteiger charge is 2.21. The Morgan fingerprint density at radius 3 is 2.88 bits per heavy atom. The number of alkyl halides is 1. The quantitative estimate of drug-likeness (QED) is 0.680. The Morgan fingerprint density at radius 1 is 1.38 bits per heavy atom. The maximum Gasteiger partial charge on any atom is 0.124 e. The van der Waals surface area contributed by atoms with Gasteiger partial charge in [0.15, 0.2) is 0 Å². The van der Waals surface area contributed by atoms with Gasteiger partial charge in [0, 0.05) is 9.85 Å². The summed E-state index contributed by atoms with van der Waals surface area (Å²) in [5, 5.41) is 0.331. The van der Waals surface area contributed by atoms with Gasteiger partial charge < -0.3 is 0 Å². The van der Waals surface area contributed by atoms with E-state index in [1.807, 2.05) is 6.07 Å². The first-order valence-electron chi connectivity index (χ1n) is 5.73. The van der Waals surface area contributed by atoms with Crippen LogP contribution in [0.15, 0.2) is 22.7 Å². The Bertz CT molecular complexity index is 367. The summed E-state index contributed by atoms with van der Waals surface area (Å²) in [7, 11) is 0. The Labute approximate surface area is 109 Å². The van der Waals surface area contributed by atoms with Gasteiger partial charge >= 0.3 is 0 Å². The summed E-state index contributed by atoms with van der Waals surface area (Å²) in [6.07, 6.45) is 5.70. The summed E-state index contributed by atoms with van der Waals surface area (Å²) < 4.78 is 13.8. The number of halogens is 3. The highest BCUT2D eigenvalue weighted by Crippen LogP contribution is 2.32. The third-order valence-corrected chi connectivity index (χ3v) is 4.38. The van der Waals surface area contributed by atoms with Crippen LogP contribution < -0.4 is 0 Å². The van der Waals surface area contributed by atoms with Crippen molar-refractivity contribution in [3.05, 3.63) is 34.1 Å². The largest absolute Gasteiger partial charge is 0.207 e. The van der Waals surface area contributed by atoms with E-state index in [1.54, 1.807) is 0 Å². The molecule has 2 unspecified atom stereocenters. The van der Waals surface area contributed by atoms with Crippen molar-refractivity contribution in [2.45, 2.75) is 37.5 Å². The number of rotatable bonds is 2. The monoisotopic (exact) mass is 304 g/mol. The molecule has 2 rings (SSSR count). The minimum absolute atomic E-state index is 0.186. The summed E-state index contributed by atoms with van der Waals surface area (Å²) in [4.78, 5) is 0. The second kappa shape index (κ2) is 5.50. The smallest absolute Gasteiger partial charge is 0.124 e. The average molecular weight is 306 g/mol. The zero-order valence-corrected chi connectivity index (χ0v) is 11.4. The van der Waals surface area contributed by atoms with Crippen LogP contribution in [0.3, 0.4) is 0 Å². The van der Waals surface area contributed by atoms with Crippen LogP contribution in [0.5, 0.6) is 0 Å². The van der Waals surface area contributed by atoms with Crippen LogP contribution in [0.4, 0.5) is 4.39 Å². The lowest BCUT2D eigenvalue weighted by molar-refractivity contribution is 0.361. The van der Waals surface area contributed by atoms with Crippen LogP contribution in [-0.2, 0) is 6.42 Å². The molecule has 0 saturated heterocycles. The van der Waals surface area contributed by atoms with E-state index in [2.05, 4.69) is 15.9 Å². The van der Waals surface area contributed by atoms with Crippen LogP contribution in [0.1, 0.15) is 31.2 Å². The van der Waals surface area contributed by atoms with Gasteiger partial charge in [0.2, 0.25) is 0 Å². The summed E-state index contributed by atoms with van der Waals surface area (Å²) in [6, 6.07) is 4.94. The molecule has 1 aromatic rings. The molecule has 1 aliphatic carbocycles. The van der Waals surface area contributed by atoms with E-state index < -0.39 is 0 Å². The van der Waals surface area contributed by atoms with Crippen LogP contribution in [-0.4, -0.2) is 5.38 Å². The second-order valence-corrected chi connectivity index (χ2v) is 6.04. The van der Waals surface area contributed by atoms with Crippen LogP contribution in [0, 0.1) is 11.7 Å². The van der Waals surface area contributed by atoms with E-state index in [9.17, 15) is 4.39 Å². The first-order chi connectivity index (χ1) is 7.65. The van der Waals surface area contributed by atoms with Crippen LogP contribution in [0.2, 0.25) is 0 Å². The van der Waals surface area contributed by atoms with Gasteiger partial charge in [-0.25, -0.2) is 4.39 Å². The Balaban J connectivity index is 2.02. The van der Waals surface area contributed by atoms with Gasteiger partial charge in [0.25, 0.3) is 0 Å². The fraction of sp³-hybridized carbons (Fsp3) is 0.538. The molecule has 16 heavy (non-hydrogen) atoms. The zero-order chi connectivity index (χ0) is 11.5. The van der Waals surface area contributed by atoms with Crippen molar-refractivity contribution >= 4 is 27.5 Å². The lowest BCUT2D eigenvalue weighted by Crippen LogP contribution is -2.17. The molecule has 0 spiro atoms. The van der Waals surface area contributed by atoms with Crippen molar-refractivity contribution in [2.24, 2.45) is 5.92 Å². The Morgan fingerprint density at radius 2 is 2.19 bits per heavy atom. The highest BCUT2D eigenvalue weighted by molar-refractivity contribution is 9.10. The molecule has 0 heterocycles. The molecule has 0 aromatic heterocycles. The molecule has 3 heteroatoms. The molecule has 0 radical (unpaired) electrons. The summed E-state index contributed by atoms with van der Waals surface area (Å²) in [6.45, 7) is 0. The van der Waals surface area contributed by atoms with E-state index >= 15 is 0 Å². The fourth-order valence-corrected chi connectivity index (χ4v) is 3.33. The molecule has 88 valence electrons. The summed E-state index contributed by atoms with van der Waals surface area (Å²) in [5.74, 6) is 0.465.